The topological polar surface area (TPSA) is 64.3 Å². The Morgan fingerprint density at radius 1 is 1.30 bits per heavy atom. The predicted molar refractivity (Wildman–Crippen MR) is 86.2 cm³/mol. The van der Waals surface area contributed by atoms with E-state index in [2.05, 4.69) is 14.9 Å². The Hall–Kier alpha value is -2.05. The molecular weight excluding hydrogens is 295 g/mol. The highest BCUT2D eigenvalue weighted by Crippen LogP contribution is 2.16. The number of pyridine rings is 2. The van der Waals surface area contributed by atoms with E-state index in [1.54, 1.807) is 18.5 Å². The summed E-state index contributed by atoms with van der Waals surface area (Å²) in [6.07, 6.45) is 5.30. The van der Waals surface area contributed by atoms with Gasteiger partial charge in [0.2, 0.25) is 0 Å². The molecule has 2 N–H and O–H groups in total. The maximum absolute atomic E-state index is 13.7. The number of hydrogen-bond acceptors (Lipinski definition) is 5. The molecule has 122 valence electrons. The normalized spacial score (nSPS) is 18.9. The molecular formula is C17H21FN4O. The third kappa shape index (κ3) is 4.46. The molecule has 1 saturated heterocycles. The second-order valence-electron chi connectivity index (χ2n) is 5.79. The molecule has 2 aromatic rings. The summed E-state index contributed by atoms with van der Waals surface area (Å²) in [6, 6.07) is 6.93. The Morgan fingerprint density at radius 3 is 3.04 bits per heavy atom. The van der Waals surface area contributed by atoms with Crippen molar-refractivity contribution in [3.8, 4) is 0 Å². The van der Waals surface area contributed by atoms with Crippen molar-refractivity contribution in [1.82, 2.24) is 14.9 Å². The average molecular weight is 316 g/mol. The number of rotatable bonds is 5. The van der Waals surface area contributed by atoms with Crippen LogP contribution >= 0.6 is 0 Å². The van der Waals surface area contributed by atoms with Gasteiger partial charge >= 0.3 is 0 Å². The molecule has 0 bridgehead atoms. The molecule has 0 spiro atoms. The van der Waals surface area contributed by atoms with E-state index < -0.39 is 0 Å². The number of morpholine rings is 1. The first-order chi connectivity index (χ1) is 11.2. The third-order valence-electron chi connectivity index (χ3n) is 4.03. The van der Waals surface area contributed by atoms with Gasteiger partial charge in [0, 0.05) is 32.0 Å². The Balaban J connectivity index is 1.53. The minimum absolute atomic E-state index is 0.143. The summed E-state index contributed by atoms with van der Waals surface area (Å²) in [7, 11) is 0. The zero-order valence-electron chi connectivity index (χ0n) is 13.0. The van der Waals surface area contributed by atoms with Crippen LogP contribution in [0.25, 0.3) is 0 Å². The smallest absolute Gasteiger partial charge is 0.146 e. The molecule has 3 heterocycles. The van der Waals surface area contributed by atoms with E-state index in [1.807, 2.05) is 12.1 Å². The van der Waals surface area contributed by atoms with Crippen molar-refractivity contribution in [1.29, 1.82) is 0 Å². The second-order valence-corrected chi connectivity index (χ2v) is 5.79. The van der Waals surface area contributed by atoms with E-state index >= 15 is 0 Å². The Morgan fingerprint density at radius 2 is 2.22 bits per heavy atom. The molecule has 0 aromatic carbocycles. The van der Waals surface area contributed by atoms with Crippen LogP contribution in [0.4, 0.5) is 10.2 Å². The third-order valence-corrected chi connectivity index (χ3v) is 4.03. The fraction of sp³-hybridized carbons (Fsp3) is 0.412. The van der Waals surface area contributed by atoms with Gasteiger partial charge < -0.3 is 10.5 Å². The maximum atomic E-state index is 13.7. The van der Waals surface area contributed by atoms with E-state index in [-0.39, 0.29) is 11.9 Å². The number of aromatic nitrogens is 2. The van der Waals surface area contributed by atoms with Crippen molar-refractivity contribution < 1.29 is 9.13 Å². The molecule has 1 fully saturated rings. The number of nitrogen functional groups attached to an aromatic ring is 1. The number of anilines is 1. The van der Waals surface area contributed by atoms with Crippen molar-refractivity contribution in [3.05, 3.63) is 53.7 Å². The summed E-state index contributed by atoms with van der Waals surface area (Å²) in [6.45, 7) is 2.78. The van der Waals surface area contributed by atoms with Crippen LogP contribution in [0.3, 0.4) is 0 Å². The number of nitrogens with two attached hydrogens (primary N) is 1. The molecule has 0 radical (unpaired) electrons. The van der Waals surface area contributed by atoms with Gasteiger partial charge in [-0.1, -0.05) is 0 Å². The summed E-state index contributed by atoms with van der Waals surface area (Å²) in [5, 5.41) is 0. The maximum Gasteiger partial charge on any atom is 0.146 e. The summed E-state index contributed by atoms with van der Waals surface area (Å²) < 4.78 is 19.5. The number of hydrogen-bond donors (Lipinski definition) is 1. The van der Waals surface area contributed by atoms with Crippen LogP contribution in [0.15, 0.2) is 36.7 Å². The molecule has 2 aromatic heterocycles. The Labute approximate surface area is 135 Å². The van der Waals surface area contributed by atoms with Crippen LogP contribution in [0.5, 0.6) is 0 Å². The number of nitrogens with zero attached hydrogens (tertiary/aromatic N) is 3. The zero-order chi connectivity index (χ0) is 16.1. The summed E-state index contributed by atoms with van der Waals surface area (Å²) in [5.74, 6) is 0.294. The van der Waals surface area contributed by atoms with E-state index in [0.717, 1.165) is 31.5 Å². The van der Waals surface area contributed by atoms with Gasteiger partial charge in [0.15, 0.2) is 0 Å². The van der Waals surface area contributed by atoms with Crippen LogP contribution in [0.2, 0.25) is 0 Å². The zero-order valence-corrected chi connectivity index (χ0v) is 13.0. The lowest BCUT2D eigenvalue weighted by Gasteiger charge is -2.32. The van der Waals surface area contributed by atoms with Crippen LogP contribution in [0.1, 0.15) is 17.7 Å². The molecule has 23 heavy (non-hydrogen) atoms. The van der Waals surface area contributed by atoms with Gasteiger partial charge in [-0.05, 0) is 42.7 Å². The molecule has 6 heteroatoms. The monoisotopic (exact) mass is 316 g/mol. The van der Waals surface area contributed by atoms with E-state index in [1.165, 1.54) is 6.07 Å². The van der Waals surface area contributed by atoms with Gasteiger partial charge in [-0.15, -0.1) is 0 Å². The fourth-order valence-corrected chi connectivity index (χ4v) is 2.82. The largest absolute Gasteiger partial charge is 0.384 e. The Bertz CT molecular complexity index is 652. The molecule has 0 unspecified atom stereocenters. The molecule has 0 saturated carbocycles. The molecule has 5 nitrogen and oxygen atoms in total. The second kappa shape index (κ2) is 7.48. The van der Waals surface area contributed by atoms with Crippen molar-refractivity contribution >= 4 is 5.82 Å². The van der Waals surface area contributed by atoms with Crippen LogP contribution in [0, 0.1) is 5.82 Å². The minimum Gasteiger partial charge on any atom is -0.384 e. The van der Waals surface area contributed by atoms with Gasteiger partial charge in [-0.2, -0.15) is 0 Å². The van der Waals surface area contributed by atoms with Crippen molar-refractivity contribution in [2.45, 2.75) is 25.5 Å². The molecule has 1 aliphatic rings. The van der Waals surface area contributed by atoms with Crippen molar-refractivity contribution in [2.24, 2.45) is 0 Å². The standard InChI is InChI=1S/C17H21FN4O/c18-15-2-1-6-20-16(15)12-22-8-9-23-14(11-22)4-3-13-5-7-21-17(19)10-13/h1-2,5-7,10,14H,3-4,8-9,11-12H2,(H2,19,21)/t14-/m0/s1. The average Bonchev–Trinajstić information content (AvgIpc) is 2.56. The van der Waals surface area contributed by atoms with E-state index in [4.69, 9.17) is 10.5 Å². The quantitative estimate of drug-likeness (QED) is 0.914. The summed E-state index contributed by atoms with van der Waals surface area (Å²) >= 11 is 0. The summed E-state index contributed by atoms with van der Waals surface area (Å²) in [4.78, 5) is 10.3. The van der Waals surface area contributed by atoms with Crippen molar-refractivity contribution in [2.75, 3.05) is 25.4 Å². The van der Waals surface area contributed by atoms with E-state index in [9.17, 15) is 4.39 Å². The van der Waals surface area contributed by atoms with Gasteiger partial charge in [-0.25, -0.2) is 9.37 Å². The van der Waals surface area contributed by atoms with Gasteiger partial charge in [-0.3, -0.25) is 9.88 Å². The molecule has 0 aliphatic carbocycles. The lowest BCUT2D eigenvalue weighted by atomic mass is 10.1. The van der Waals surface area contributed by atoms with E-state index in [0.29, 0.717) is 24.7 Å². The highest BCUT2D eigenvalue weighted by atomic mass is 19.1. The lowest BCUT2D eigenvalue weighted by molar-refractivity contribution is -0.0352. The molecule has 0 amide bonds. The number of ether oxygens (including phenoxy) is 1. The molecule has 3 rings (SSSR count). The highest BCUT2D eigenvalue weighted by Gasteiger charge is 2.21. The molecule has 1 atom stereocenters. The van der Waals surface area contributed by atoms with Crippen LogP contribution < -0.4 is 5.73 Å². The SMILES string of the molecule is Nc1cc(CC[C@H]2CN(Cc3ncccc3F)CCO2)ccn1. The van der Waals surface area contributed by atoms with Crippen LogP contribution in [-0.2, 0) is 17.7 Å². The fourth-order valence-electron chi connectivity index (χ4n) is 2.82. The lowest BCUT2D eigenvalue weighted by Crippen LogP contribution is -2.42. The first kappa shape index (κ1) is 15.8. The number of aryl methyl sites for hydroxylation is 1. The predicted octanol–water partition coefficient (Wildman–Crippen LogP) is 2.03. The van der Waals surface area contributed by atoms with Crippen molar-refractivity contribution in [3.63, 3.8) is 0 Å². The van der Waals surface area contributed by atoms with Gasteiger partial charge in [0.05, 0.1) is 18.4 Å². The highest BCUT2D eigenvalue weighted by molar-refractivity contribution is 5.31. The van der Waals surface area contributed by atoms with Gasteiger partial charge in [0.25, 0.3) is 0 Å². The molecule has 1 aliphatic heterocycles. The van der Waals surface area contributed by atoms with Gasteiger partial charge in [0.1, 0.15) is 11.6 Å². The first-order valence-electron chi connectivity index (χ1n) is 7.84. The van der Waals surface area contributed by atoms with Crippen LogP contribution in [-0.4, -0.2) is 40.7 Å². The first-order valence-corrected chi connectivity index (χ1v) is 7.84. The Kier molecular flexibility index (Phi) is 5.15. The minimum atomic E-state index is -0.247. The summed E-state index contributed by atoms with van der Waals surface area (Å²) in [5.41, 5.74) is 7.35. The number of halogens is 1.